The van der Waals surface area contributed by atoms with Crippen LogP contribution < -0.4 is 10.6 Å². The number of carbonyl (C=O) groups excluding carboxylic acids is 2. The molecule has 1 unspecified atom stereocenters. The number of hydrogen-bond donors (Lipinski definition) is 2. The van der Waals surface area contributed by atoms with Crippen molar-refractivity contribution in [1.82, 2.24) is 15.5 Å². The topological polar surface area (TPSA) is 61.4 Å². The molecule has 5 heteroatoms. The SMILES string of the molecule is CC(=O)NC(C)(C)C(=O)NCC(c1ccccc1)N1CCC(C)CC1. The van der Waals surface area contributed by atoms with Gasteiger partial charge in [-0.25, -0.2) is 0 Å². The first-order valence-electron chi connectivity index (χ1n) is 9.15. The van der Waals surface area contributed by atoms with Gasteiger partial charge in [-0.3, -0.25) is 14.5 Å². The minimum atomic E-state index is -0.913. The van der Waals surface area contributed by atoms with Crippen molar-refractivity contribution in [2.75, 3.05) is 19.6 Å². The van der Waals surface area contributed by atoms with Gasteiger partial charge in [-0.15, -0.1) is 0 Å². The summed E-state index contributed by atoms with van der Waals surface area (Å²) < 4.78 is 0. The van der Waals surface area contributed by atoms with Crippen LogP contribution >= 0.6 is 0 Å². The molecule has 1 aliphatic heterocycles. The number of carbonyl (C=O) groups is 2. The third kappa shape index (κ3) is 5.56. The van der Waals surface area contributed by atoms with E-state index in [-0.39, 0.29) is 17.9 Å². The van der Waals surface area contributed by atoms with Crippen molar-refractivity contribution in [3.8, 4) is 0 Å². The highest BCUT2D eigenvalue weighted by Crippen LogP contribution is 2.26. The molecule has 138 valence electrons. The Bertz CT molecular complexity index is 578. The number of piperidine rings is 1. The highest BCUT2D eigenvalue weighted by molar-refractivity contribution is 5.90. The maximum Gasteiger partial charge on any atom is 0.245 e. The van der Waals surface area contributed by atoms with Crippen molar-refractivity contribution in [2.24, 2.45) is 5.92 Å². The van der Waals surface area contributed by atoms with Gasteiger partial charge in [0.1, 0.15) is 5.54 Å². The van der Waals surface area contributed by atoms with E-state index in [2.05, 4.69) is 34.6 Å². The van der Waals surface area contributed by atoms with E-state index >= 15 is 0 Å². The second-order valence-corrected chi connectivity index (χ2v) is 7.66. The molecule has 2 N–H and O–H groups in total. The molecule has 2 rings (SSSR count). The molecule has 0 aromatic heterocycles. The van der Waals surface area contributed by atoms with Gasteiger partial charge in [0.05, 0.1) is 6.04 Å². The molecule has 25 heavy (non-hydrogen) atoms. The van der Waals surface area contributed by atoms with E-state index in [1.54, 1.807) is 13.8 Å². The molecule has 1 heterocycles. The lowest BCUT2D eigenvalue weighted by Gasteiger charge is -2.37. The van der Waals surface area contributed by atoms with E-state index < -0.39 is 5.54 Å². The van der Waals surface area contributed by atoms with Crippen LogP contribution in [-0.2, 0) is 9.59 Å². The van der Waals surface area contributed by atoms with Gasteiger partial charge in [-0.2, -0.15) is 0 Å². The summed E-state index contributed by atoms with van der Waals surface area (Å²) in [5, 5.41) is 5.74. The Morgan fingerprint density at radius 2 is 1.80 bits per heavy atom. The normalized spacial score (nSPS) is 17.8. The van der Waals surface area contributed by atoms with Crippen LogP contribution in [0.3, 0.4) is 0 Å². The Morgan fingerprint density at radius 3 is 2.36 bits per heavy atom. The zero-order valence-corrected chi connectivity index (χ0v) is 15.8. The summed E-state index contributed by atoms with van der Waals surface area (Å²) in [6.07, 6.45) is 2.38. The van der Waals surface area contributed by atoms with E-state index in [9.17, 15) is 9.59 Å². The second kappa shape index (κ2) is 8.48. The van der Waals surface area contributed by atoms with Crippen molar-refractivity contribution < 1.29 is 9.59 Å². The lowest BCUT2D eigenvalue weighted by Crippen LogP contribution is -2.55. The van der Waals surface area contributed by atoms with Crippen LogP contribution in [0.1, 0.15) is 52.1 Å². The Hall–Kier alpha value is -1.88. The summed E-state index contributed by atoms with van der Waals surface area (Å²) in [4.78, 5) is 26.3. The Labute approximate surface area is 151 Å². The average molecular weight is 345 g/mol. The second-order valence-electron chi connectivity index (χ2n) is 7.66. The fourth-order valence-electron chi connectivity index (χ4n) is 3.38. The number of amides is 2. The first-order valence-corrected chi connectivity index (χ1v) is 9.15. The van der Waals surface area contributed by atoms with Gasteiger partial charge in [0, 0.05) is 13.5 Å². The molecule has 0 spiro atoms. The third-order valence-corrected chi connectivity index (χ3v) is 4.96. The molecule has 0 aliphatic carbocycles. The van der Waals surface area contributed by atoms with Crippen LogP contribution in [0.25, 0.3) is 0 Å². The summed E-state index contributed by atoms with van der Waals surface area (Å²) in [6.45, 7) is 9.81. The fraction of sp³-hybridized carbons (Fsp3) is 0.600. The maximum absolute atomic E-state index is 12.5. The molecule has 1 saturated heterocycles. The van der Waals surface area contributed by atoms with Crippen molar-refractivity contribution >= 4 is 11.8 Å². The first-order chi connectivity index (χ1) is 11.8. The van der Waals surface area contributed by atoms with Gasteiger partial charge in [-0.1, -0.05) is 37.3 Å². The van der Waals surface area contributed by atoms with Gasteiger partial charge >= 0.3 is 0 Å². The van der Waals surface area contributed by atoms with E-state index in [4.69, 9.17) is 0 Å². The molecular weight excluding hydrogens is 314 g/mol. The molecular formula is C20H31N3O2. The number of hydrogen-bond acceptors (Lipinski definition) is 3. The molecule has 1 aromatic carbocycles. The lowest BCUT2D eigenvalue weighted by atomic mass is 9.95. The van der Waals surface area contributed by atoms with Crippen molar-refractivity contribution in [1.29, 1.82) is 0 Å². The zero-order chi connectivity index (χ0) is 18.4. The molecule has 1 fully saturated rings. The first kappa shape index (κ1) is 19.4. The molecule has 1 aromatic rings. The van der Waals surface area contributed by atoms with E-state index in [1.165, 1.54) is 25.3 Å². The molecule has 5 nitrogen and oxygen atoms in total. The van der Waals surface area contributed by atoms with Crippen LogP contribution in [0.5, 0.6) is 0 Å². The van der Waals surface area contributed by atoms with E-state index in [0.29, 0.717) is 6.54 Å². The summed E-state index contributed by atoms with van der Waals surface area (Å²) in [7, 11) is 0. The van der Waals surface area contributed by atoms with Gasteiger partial charge in [0.2, 0.25) is 11.8 Å². The highest BCUT2D eigenvalue weighted by atomic mass is 16.2. The molecule has 1 atom stereocenters. The van der Waals surface area contributed by atoms with Gasteiger partial charge in [0.15, 0.2) is 0 Å². The minimum absolute atomic E-state index is 0.158. The van der Waals surface area contributed by atoms with Crippen molar-refractivity contribution in [3.05, 3.63) is 35.9 Å². The molecule has 2 amide bonds. The van der Waals surface area contributed by atoms with Gasteiger partial charge < -0.3 is 10.6 Å². The molecule has 0 bridgehead atoms. The summed E-state index contributed by atoms with van der Waals surface area (Å²) in [5.41, 5.74) is 0.304. The van der Waals surface area contributed by atoms with Crippen molar-refractivity contribution in [3.63, 3.8) is 0 Å². The minimum Gasteiger partial charge on any atom is -0.352 e. The number of likely N-dealkylation sites (tertiary alicyclic amines) is 1. The van der Waals surface area contributed by atoms with Gasteiger partial charge in [-0.05, 0) is 51.3 Å². The predicted molar refractivity (Wildman–Crippen MR) is 100 cm³/mol. The van der Waals surface area contributed by atoms with Crippen LogP contribution in [0, 0.1) is 5.92 Å². The van der Waals surface area contributed by atoms with Crippen LogP contribution in [0.15, 0.2) is 30.3 Å². The molecule has 0 saturated carbocycles. The smallest absolute Gasteiger partial charge is 0.245 e. The summed E-state index contributed by atoms with van der Waals surface area (Å²) >= 11 is 0. The summed E-state index contributed by atoms with van der Waals surface area (Å²) in [5.74, 6) is 0.403. The average Bonchev–Trinajstić information content (AvgIpc) is 2.56. The number of benzene rings is 1. The predicted octanol–water partition coefficient (Wildman–Crippen LogP) is 2.49. The standard InChI is InChI=1S/C20H31N3O2/c1-15-10-12-23(13-11-15)18(17-8-6-5-7-9-17)14-21-19(25)20(3,4)22-16(2)24/h5-9,15,18H,10-14H2,1-4H3,(H,21,25)(H,22,24). The number of nitrogens with one attached hydrogen (secondary N) is 2. The largest absolute Gasteiger partial charge is 0.352 e. The number of nitrogens with zero attached hydrogens (tertiary/aromatic N) is 1. The van der Waals surface area contributed by atoms with Crippen LogP contribution in [0.4, 0.5) is 0 Å². The molecule has 1 aliphatic rings. The van der Waals surface area contributed by atoms with Gasteiger partial charge in [0.25, 0.3) is 0 Å². The molecule has 0 radical (unpaired) electrons. The lowest BCUT2D eigenvalue weighted by molar-refractivity contribution is -0.131. The Balaban J connectivity index is 2.06. The van der Waals surface area contributed by atoms with Crippen LogP contribution in [0.2, 0.25) is 0 Å². The third-order valence-electron chi connectivity index (χ3n) is 4.96. The Morgan fingerprint density at radius 1 is 1.20 bits per heavy atom. The van der Waals surface area contributed by atoms with Crippen molar-refractivity contribution in [2.45, 2.75) is 52.1 Å². The van der Waals surface area contributed by atoms with E-state index in [1.807, 2.05) is 18.2 Å². The van der Waals surface area contributed by atoms with Crippen LogP contribution in [-0.4, -0.2) is 41.9 Å². The summed E-state index contributed by atoms with van der Waals surface area (Å²) in [6, 6.07) is 10.5. The van der Waals surface area contributed by atoms with E-state index in [0.717, 1.165) is 19.0 Å². The Kier molecular flexibility index (Phi) is 6.59. The quantitative estimate of drug-likeness (QED) is 0.833. The fourth-order valence-corrected chi connectivity index (χ4v) is 3.38. The highest BCUT2D eigenvalue weighted by Gasteiger charge is 2.30. The monoisotopic (exact) mass is 345 g/mol. The number of rotatable bonds is 6. The maximum atomic E-state index is 12.5. The zero-order valence-electron chi connectivity index (χ0n) is 15.8.